The lowest BCUT2D eigenvalue weighted by atomic mass is 9.99. The van der Waals surface area contributed by atoms with Gasteiger partial charge in [-0.15, -0.1) is 11.6 Å². The highest BCUT2D eigenvalue weighted by molar-refractivity contribution is 6.30. The Morgan fingerprint density at radius 1 is 1.35 bits per heavy atom. The molecule has 1 aromatic carbocycles. The van der Waals surface area contributed by atoms with Crippen molar-refractivity contribution < 1.29 is 4.79 Å². The van der Waals surface area contributed by atoms with Crippen LogP contribution in [-0.2, 0) is 4.79 Å². The summed E-state index contributed by atoms with van der Waals surface area (Å²) in [6, 6.07) is 10.3. The summed E-state index contributed by atoms with van der Waals surface area (Å²) in [5.41, 5.74) is 2.57. The minimum absolute atomic E-state index is 0.0232. The zero-order valence-corrected chi connectivity index (χ0v) is 10.7. The topological polar surface area (TPSA) is 20.3 Å². The maximum atomic E-state index is 11.7. The SMILES string of the molecule is CC(Cl)C(=O)N1CC=C(c2ccccc2)CC1. The van der Waals surface area contributed by atoms with Crippen molar-refractivity contribution in [3.8, 4) is 0 Å². The molecule has 0 fully saturated rings. The van der Waals surface area contributed by atoms with E-state index in [1.54, 1.807) is 6.92 Å². The van der Waals surface area contributed by atoms with Crippen LogP contribution in [0, 0.1) is 0 Å². The molecule has 0 N–H and O–H groups in total. The second-order valence-corrected chi connectivity index (χ2v) is 4.90. The third-order valence-corrected chi connectivity index (χ3v) is 3.19. The largest absolute Gasteiger partial charge is 0.337 e. The molecule has 17 heavy (non-hydrogen) atoms. The Balaban J connectivity index is 2.06. The van der Waals surface area contributed by atoms with E-state index < -0.39 is 5.38 Å². The molecule has 0 spiro atoms. The van der Waals surface area contributed by atoms with Gasteiger partial charge in [-0.25, -0.2) is 0 Å². The number of nitrogens with zero attached hydrogens (tertiary/aromatic N) is 1. The summed E-state index contributed by atoms with van der Waals surface area (Å²) in [5.74, 6) is 0.0232. The third-order valence-electron chi connectivity index (χ3n) is 3.01. The monoisotopic (exact) mass is 249 g/mol. The quantitative estimate of drug-likeness (QED) is 0.738. The second kappa shape index (κ2) is 5.37. The molecule has 1 unspecified atom stereocenters. The highest BCUT2D eigenvalue weighted by Gasteiger charge is 2.20. The first kappa shape index (κ1) is 12.2. The molecule has 0 aliphatic carbocycles. The molecule has 1 amide bonds. The number of alkyl halides is 1. The third kappa shape index (κ3) is 2.89. The van der Waals surface area contributed by atoms with Crippen LogP contribution in [0.2, 0.25) is 0 Å². The van der Waals surface area contributed by atoms with Crippen molar-refractivity contribution in [2.45, 2.75) is 18.7 Å². The van der Waals surface area contributed by atoms with Crippen molar-refractivity contribution in [3.63, 3.8) is 0 Å². The van der Waals surface area contributed by atoms with E-state index >= 15 is 0 Å². The van der Waals surface area contributed by atoms with Crippen LogP contribution in [0.5, 0.6) is 0 Å². The van der Waals surface area contributed by atoms with Crippen molar-refractivity contribution in [2.24, 2.45) is 0 Å². The summed E-state index contributed by atoms with van der Waals surface area (Å²) < 4.78 is 0. The van der Waals surface area contributed by atoms with Crippen molar-refractivity contribution >= 4 is 23.1 Å². The fourth-order valence-electron chi connectivity index (χ4n) is 2.04. The van der Waals surface area contributed by atoms with Gasteiger partial charge in [0.25, 0.3) is 0 Å². The van der Waals surface area contributed by atoms with Gasteiger partial charge in [0.1, 0.15) is 5.38 Å². The average Bonchev–Trinajstić information content (AvgIpc) is 2.39. The van der Waals surface area contributed by atoms with Gasteiger partial charge in [-0.2, -0.15) is 0 Å². The van der Waals surface area contributed by atoms with Crippen LogP contribution >= 0.6 is 11.6 Å². The summed E-state index contributed by atoms with van der Waals surface area (Å²) in [6.07, 6.45) is 3.02. The van der Waals surface area contributed by atoms with Crippen LogP contribution in [0.25, 0.3) is 5.57 Å². The molecular formula is C14H16ClNO. The second-order valence-electron chi connectivity index (χ2n) is 4.25. The number of carbonyl (C=O) groups is 1. The summed E-state index contributed by atoms with van der Waals surface area (Å²) in [6.45, 7) is 3.15. The summed E-state index contributed by atoms with van der Waals surface area (Å²) in [5, 5.41) is -0.429. The van der Waals surface area contributed by atoms with Gasteiger partial charge in [0.05, 0.1) is 0 Å². The Kier molecular flexibility index (Phi) is 3.85. The average molecular weight is 250 g/mol. The number of halogens is 1. The van der Waals surface area contributed by atoms with E-state index in [-0.39, 0.29) is 5.91 Å². The predicted molar refractivity (Wildman–Crippen MR) is 70.9 cm³/mol. The Bertz CT molecular complexity index is 425. The number of carbonyl (C=O) groups excluding carboxylic acids is 1. The van der Waals surface area contributed by atoms with Crippen molar-refractivity contribution in [2.75, 3.05) is 13.1 Å². The first-order valence-corrected chi connectivity index (χ1v) is 6.29. The number of amides is 1. The fourth-order valence-corrected chi connectivity index (χ4v) is 2.17. The van der Waals surface area contributed by atoms with Crippen LogP contribution in [0.1, 0.15) is 18.9 Å². The summed E-state index contributed by atoms with van der Waals surface area (Å²) >= 11 is 5.80. The zero-order chi connectivity index (χ0) is 12.3. The molecule has 90 valence electrons. The van der Waals surface area contributed by atoms with Gasteiger partial charge < -0.3 is 4.90 Å². The lowest BCUT2D eigenvalue weighted by molar-refractivity contribution is -0.130. The smallest absolute Gasteiger partial charge is 0.240 e. The number of benzene rings is 1. The summed E-state index contributed by atoms with van der Waals surface area (Å²) in [4.78, 5) is 13.5. The minimum Gasteiger partial charge on any atom is -0.337 e. The van der Waals surface area contributed by atoms with E-state index in [4.69, 9.17) is 11.6 Å². The van der Waals surface area contributed by atoms with Crippen LogP contribution in [-0.4, -0.2) is 29.3 Å². The van der Waals surface area contributed by atoms with Crippen molar-refractivity contribution in [1.29, 1.82) is 0 Å². The zero-order valence-electron chi connectivity index (χ0n) is 9.90. The van der Waals surface area contributed by atoms with Crippen LogP contribution in [0.15, 0.2) is 36.4 Å². The van der Waals surface area contributed by atoms with Crippen LogP contribution in [0.4, 0.5) is 0 Å². The maximum absolute atomic E-state index is 11.7. The lowest BCUT2D eigenvalue weighted by Crippen LogP contribution is -2.38. The van der Waals surface area contributed by atoms with E-state index in [1.165, 1.54) is 11.1 Å². The van der Waals surface area contributed by atoms with E-state index in [1.807, 2.05) is 23.1 Å². The van der Waals surface area contributed by atoms with E-state index in [9.17, 15) is 4.79 Å². The van der Waals surface area contributed by atoms with Gasteiger partial charge >= 0.3 is 0 Å². The van der Waals surface area contributed by atoms with Crippen molar-refractivity contribution in [1.82, 2.24) is 4.90 Å². The first-order valence-electron chi connectivity index (χ1n) is 5.86. The van der Waals surface area contributed by atoms with Gasteiger partial charge in [-0.1, -0.05) is 36.4 Å². The molecule has 1 aliphatic heterocycles. The van der Waals surface area contributed by atoms with Crippen LogP contribution in [0.3, 0.4) is 0 Å². The minimum atomic E-state index is -0.429. The predicted octanol–water partition coefficient (Wildman–Crippen LogP) is 2.93. The standard InChI is InChI=1S/C14H16ClNO/c1-11(15)14(17)16-9-7-13(8-10-16)12-5-3-2-4-6-12/h2-7,11H,8-10H2,1H3. The van der Waals surface area contributed by atoms with Crippen molar-refractivity contribution in [3.05, 3.63) is 42.0 Å². The molecular weight excluding hydrogens is 234 g/mol. The highest BCUT2D eigenvalue weighted by Crippen LogP contribution is 2.22. The maximum Gasteiger partial charge on any atom is 0.240 e. The van der Waals surface area contributed by atoms with E-state index in [0.717, 1.165) is 13.0 Å². The van der Waals surface area contributed by atoms with Crippen LogP contribution < -0.4 is 0 Å². The van der Waals surface area contributed by atoms with E-state index in [0.29, 0.717) is 6.54 Å². The first-order chi connectivity index (χ1) is 8.18. The number of hydrogen-bond donors (Lipinski definition) is 0. The molecule has 2 rings (SSSR count). The molecule has 0 saturated carbocycles. The Hall–Kier alpha value is -1.28. The van der Waals surface area contributed by atoms with Gasteiger partial charge in [-0.05, 0) is 24.5 Å². The molecule has 0 bridgehead atoms. The highest BCUT2D eigenvalue weighted by atomic mass is 35.5. The Morgan fingerprint density at radius 3 is 2.59 bits per heavy atom. The van der Waals surface area contributed by atoms with Gasteiger partial charge in [0.15, 0.2) is 0 Å². The number of hydrogen-bond acceptors (Lipinski definition) is 1. The normalized spacial score (nSPS) is 17.5. The molecule has 0 aromatic heterocycles. The number of rotatable bonds is 2. The Labute approximate surface area is 107 Å². The Morgan fingerprint density at radius 2 is 2.06 bits per heavy atom. The molecule has 1 atom stereocenters. The molecule has 3 heteroatoms. The van der Waals surface area contributed by atoms with Gasteiger partial charge in [0, 0.05) is 13.1 Å². The molecule has 1 heterocycles. The molecule has 2 nitrogen and oxygen atoms in total. The molecule has 1 aliphatic rings. The van der Waals surface area contributed by atoms with E-state index in [2.05, 4.69) is 18.2 Å². The van der Waals surface area contributed by atoms with Gasteiger partial charge in [0.2, 0.25) is 5.91 Å². The molecule has 1 aromatic rings. The molecule has 0 radical (unpaired) electrons. The summed E-state index contributed by atoms with van der Waals surface area (Å²) in [7, 11) is 0. The van der Waals surface area contributed by atoms with Gasteiger partial charge in [-0.3, -0.25) is 4.79 Å². The fraction of sp³-hybridized carbons (Fsp3) is 0.357. The lowest BCUT2D eigenvalue weighted by Gasteiger charge is -2.27. The molecule has 0 saturated heterocycles.